The fourth-order valence-corrected chi connectivity index (χ4v) is 4.33. The van der Waals surface area contributed by atoms with Gasteiger partial charge in [0.15, 0.2) is 0 Å². The number of carbonyl (C=O) groups excluding carboxylic acids is 1. The fourth-order valence-electron chi connectivity index (χ4n) is 4.33. The van der Waals surface area contributed by atoms with Crippen LogP contribution in [0.4, 0.5) is 4.39 Å². The molecule has 5 nitrogen and oxygen atoms in total. The van der Waals surface area contributed by atoms with Gasteiger partial charge < -0.3 is 19.3 Å². The summed E-state index contributed by atoms with van der Waals surface area (Å²) < 4.78 is 24.0. The quantitative estimate of drug-likeness (QED) is 0.705. The van der Waals surface area contributed by atoms with E-state index in [-0.39, 0.29) is 24.4 Å². The summed E-state index contributed by atoms with van der Waals surface area (Å²) in [4.78, 5) is 16.8. The van der Waals surface area contributed by atoms with Crippen molar-refractivity contribution in [3.05, 3.63) is 35.6 Å². The van der Waals surface area contributed by atoms with E-state index in [0.717, 1.165) is 44.8 Å². The van der Waals surface area contributed by atoms with Crippen LogP contribution in [0.3, 0.4) is 0 Å². The van der Waals surface area contributed by atoms with Crippen molar-refractivity contribution < 1.29 is 18.7 Å². The molecule has 0 unspecified atom stereocenters. The Hall–Kier alpha value is -1.50. The van der Waals surface area contributed by atoms with Gasteiger partial charge in [-0.1, -0.05) is 12.1 Å². The highest BCUT2D eigenvalue weighted by molar-refractivity contribution is 5.78. The summed E-state index contributed by atoms with van der Waals surface area (Å²) in [6.07, 6.45) is 1.01. The maximum Gasteiger partial charge on any atom is 0.249 e. The molecule has 0 N–H and O–H groups in total. The van der Waals surface area contributed by atoms with Crippen molar-refractivity contribution in [3.63, 3.8) is 0 Å². The smallest absolute Gasteiger partial charge is 0.249 e. The number of hydrogen-bond acceptors (Lipinski definition) is 4. The lowest BCUT2D eigenvalue weighted by molar-refractivity contribution is -0.136. The molecule has 3 atom stereocenters. The minimum absolute atomic E-state index is 0.0166. The first-order valence-electron chi connectivity index (χ1n) is 8.89. The summed E-state index contributed by atoms with van der Waals surface area (Å²) in [6, 6.07) is 6.59. The van der Waals surface area contributed by atoms with Crippen molar-refractivity contribution in [2.75, 3.05) is 53.6 Å². The van der Waals surface area contributed by atoms with Crippen LogP contribution in [0.25, 0.3) is 0 Å². The third-order valence-corrected chi connectivity index (χ3v) is 5.34. The van der Waals surface area contributed by atoms with Crippen molar-refractivity contribution >= 4 is 5.91 Å². The number of amides is 1. The van der Waals surface area contributed by atoms with Gasteiger partial charge >= 0.3 is 0 Å². The highest BCUT2D eigenvalue weighted by atomic mass is 19.1. The zero-order valence-corrected chi connectivity index (χ0v) is 15.0. The zero-order chi connectivity index (χ0) is 17.8. The molecule has 0 saturated carbocycles. The average molecular weight is 350 g/mol. The van der Waals surface area contributed by atoms with Crippen molar-refractivity contribution in [1.29, 1.82) is 0 Å². The minimum Gasteiger partial charge on any atom is -0.385 e. The van der Waals surface area contributed by atoms with Gasteiger partial charge in [0.05, 0.1) is 6.04 Å². The number of ether oxygens (including phenoxy) is 2. The molecule has 0 radical (unpaired) electrons. The SMILES string of the molecule is COCCCN1C[C@@H]2CN(C(=O)COC)[C@@H](c3cccc(F)c3)[C@@H]2C1. The van der Waals surface area contributed by atoms with Crippen LogP contribution < -0.4 is 0 Å². The number of likely N-dealkylation sites (tertiary alicyclic amines) is 2. The molecule has 0 aliphatic carbocycles. The highest BCUT2D eigenvalue weighted by Gasteiger charge is 2.48. The monoisotopic (exact) mass is 350 g/mol. The van der Waals surface area contributed by atoms with Crippen LogP contribution >= 0.6 is 0 Å². The number of hydrogen-bond donors (Lipinski definition) is 0. The second-order valence-corrected chi connectivity index (χ2v) is 7.01. The van der Waals surface area contributed by atoms with Gasteiger partial charge in [-0.25, -0.2) is 4.39 Å². The third kappa shape index (κ3) is 4.02. The molecule has 1 amide bonds. The Labute approximate surface area is 148 Å². The van der Waals surface area contributed by atoms with Gasteiger partial charge in [-0.05, 0) is 30.0 Å². The summed E-state index contributed by atoms with van der Waals surface area (Å²) in [5, 5.41) is 0. The van der Waals surface area contributed by atoms with Gasteiger partial charge in [0, 0.05) is 52.9 Å². The number of benzene rings is 1. The van der Waals surface area contributed by atoms with E-state index in [2.05, 4.69) is 4.90 Å². The van der Waals surface area contributed by atoms with Crippen molar-refractivity contribution in [3.8, 4) is 0 Å². The Morgan fingerprint density at radius 3 is 2.80 bits per heavy atom. The molecule has 0 spiro atoms. The summed E-state index contributed by atoms with van der Waals surface area (Å²) >= 11 is 0. The molecule has 1 aromatic rings. The van der Waals surface area contributed by atoms with E-state index in [1.54, 1.807) is 19.2 Å². The molecular weight excluding hydrogens is 323 g/mol. The van der Waals surface area contributed by atoms with E-state index < -0.39 is 0 Å². The minimum atomic E-state index is -0.255. The predicted octanol–water partition coefficient (Wildman–Crippen LogP) is 1.94. The second-order valence-electron chi connectivity index (χ2n) is 7.01. The molecule has 2 saturated heterocycles. The van der Waals surface area contributed by atoms with Gasteiger partial charge in [-0.15, -0.1) is 0 Å². The van der Waals surface area contributed by atoms with Crippen LogP contribution in [0, 0.1) is 17.7 Å². The van der Waals surface area contributed by atoms with E-state index in [1.165, 1.54) is 13.2 Å². The molecule has 2 fully saturated rings. The van der Waals surface area contributed by atoms with E-state index in [0.29, 0.717) is 11.8 Å². The number of rotatable bonds is 7. The molecule has 2 aliphatic rings. The molecule has 25 heavy (non-hydrogen) atoms. The first-order chi connectivity index (χ1) is 12.1. The Morgan fingerprint density at radius 2 is 2.08 bits per heavy atom. The van der Waals surface area contributed by atoms with E-state index in [4.69, 9.17) is 9.47 Å². The number of halogens is 1. The number of fused-ring (bicyclic) bond motifs is 1. The summed E-state index contributed by atoms with van der Waals surface area (Å²) in [5.74, 6) is 0.494. The molecule has 138 valence electrons. The molecule has 0 aromatic heterocycles. The Bertz CT molecular complexity index is 598. The molecule has 1 aromatic carbocycles. The Balaban J connectivity index is 1.77. The van der Waals surface area contributed by atoms with Crippen LogP contribution in [0.1, 0.15) is 18.0 Å². The standard InChI is InChI=1S/C19H27FN2O3/c1-24-8-4-7-21-10-15-11-22(18(23)13-25-2)19(17(15)12-21)14-5-3-6-16(20)9-14/h3,5-6,9,15,17,19H,4,7-8,10-13H2,1-2H3/t15-,17-,19+/m1/s1. The van der Waals surface area contributed by atoms with Crippen LogP contribution in [-0.2, 0) is 14.3 Å². The number of carbonyl (C=O) groups is 1. The lowest BCUT2D eigenvalue weighted by atomic mass is 9.89. The van der Waals surface area contributed by atoms with Crippen molar-refractivity contribution in [2.45, 2.75) is 12.5 Å². The molecule has 2 aliphatic heterocycles. The summed E-state index contributed by atoms with van der Waals surface area (Å²) in [7, 11) is 3.25. The van der Waals surface area contributed by atoms with Crippen LogP contribution in [0.5, 0.6) is 0 Å². The molecule has 0 bridgehead atoms. The normalized spacial score (nSPS) is 26.2. The van der Waals surface area contributed by atoms with Gasteiger partial charge in [-0.2, -0.15) is 0 Å². The van der Waals surface area contributed by atoms with Crippen LogP contribution in [0.15, 0.2) is 24.3 Å². The summed E-state index contributed by atoms with van der Waals surface area (Å²) in [6.45, 7) is 4.47. The average Bonchev–Trinajstić information content (AvgIpc) is 3.12. The van der Waals surface area contributed by atoms with Gasteiger partial charge in [0.2, 0.25) is 5.91 Å². The molecule has 3 rings (SSSR count). The number of methoxy groups -OCH3 is 2. The predicted molar refractivity (Wildman–Crippen MR) is 92.6 cm³/mol. The molecule has 2 heterocycles. The second kappa shape index (κ2) is 8.25. The molecule has 6 heteroatoms. The van der Waals surface area contributed by atoms with Crippen molar-refractivity contribution in [2.24, 2.45) is 11.8 Å². The first kappa shape index (κ1) is 18.3. The Morgan fingerprint density at radius 1 is 1.24 bits per heavy atom. The fraction of sp³-hybridized carbons (Fsp3) is 0.632. The lowest BCUT2D eigenvalue weighted by Gasteiger charge is -2.30. The van der Waals surface area contributed by atoms with E-state index in [9.17, 15) is 9.18 Å². The summed E-state index contributed by atoms with van der Waals surface area (Å²) in [5.41, 5.74) is 0.885. The highest BCUT2D eigenvalue weighted by Crippen LogP contribution is 2.45. The third-order valence-electron chi connectivity index (χ3n) is 5.34. The lowest BCUT2D eigenvalue weighted by Crippen LogP contribution is -2.37. The van der Waals surface area contributed by atoms with E-state index in [1.807, 2.05) is 11.0 Å². The number of nitrogens with zero attached hydrogens (tertiary/aromatic N) is 2. The Kier molecular flexibility index (Phi) is 6.04. The van der Waals surface area contributed by atoms with Gasteiger partial charge in [0.25, 0.3) is 0 Å². The van der Waals surface area contributed by atoms with Crippen molar-refractivity contribution in [1.82, 2.24) is 9.80 Å². The zero-order valence-electron chi connectivity index (χ0n) is 15.0. The van der Waals surface area contributed by atoms with Crippen LogP contribution in [0.2, 0.25) is 0 Å². The van der Waals surface area contributed by atoms with E-state index >= 15 is 0 Å². The largest absolute Gasteiger partial charge is 0.385 e. The first-order valence-corrected chi connectivity index (χ1v) is 8.89. The van der Waals surface area contributed by atoms with Gasteiger partial charge in [0.1, 0.15) is 12.4 Å². The maximum absolute atomic E-state index is 13.8. The topological polar surface area (TPSA) is 42.0 Å². The maximum atomic E-state index is 13.8. The molecular formula is C19H27FN2O3. The van der Waals surface area contributed by atoms with Crippen LogP contribution in [-0.4, -0.2) is 69.3 Å². The van der Waals surface area contributed by atoms with Gasteiger partial charge in [-0.3, -0.25) is 4.79 Å².